The SMILES string of the molecule is CC(C)=Cc1ccccc1.CC(C)Cc1ccccc1.CC(C)N1CCCCC1.CC(C)c1ccc(F)c(F)c1.CC(C)c1ccc(F)cc1.COc1cc(C(C)C)ccc1F.COc1ccc(C(C)C)cc1.COc1ccc(C(C)C)cc1F.COc1ccc(C(C)C)cn1.Cc1ccccc1C(C)C. The third-order valence-electron chi connectivity index (χ3n) is 16.9. The summed E-state index contributed by atoms with van der Waals surface area (Å²) >= 11 is 0. The van der Waals surface area contributed by atoms with E-state index in [2.05, 4.69) is 225 Å². The zero-order valence-corrected chi connectivity index (χ0v) is 69.1. The number of methoxy groups -OCH3 is 4. The molecule has 1 fully saturated rings. The topological polar surface area (TPSA) is 53.1 Å². The number of ether oxygens (including phenoxy) is 4. The maximum Gasteiger partial charge on any atom is 0.212 e. The van der Waals surface area contributed by atoms with Gasteiger partial charge in [0.15, 0.2) is 34.8 Å². The highest BCUT2D eigenvalue weighted by atomic mass is 19.2. The first-order chi connectivity index (χ1) is 50.2. The Hall–Kier alpha value is -8.54. The summed E-state index contributed by atoms with van der Waals surface area (Å²) in [5.74, 6) is 3.96. The van der Waals surface area contributed by atoms with Crippen molar-refractivity contribution in [1.29, 1.82) is 0 Å². The maximum absolute atomic E-state index is 13.1. The van der Waals surface area contributed by atoms with E-state index in [1.807, 2.05) is 82.4 Å². The fourth-order valence-electron chi connectivity index (χ4n) is 10.3. The minimum Gasteiger partial charge on any atom is -0.497 e. The summed E-state index contributed by atoms with van der Waals surface area (Å²) in [5.41, 5.74) is 13.6. The standard InChI is InChI=1S/2C10H13FO.C10H14O.2C10H14.C10H12.C9H10F2.C9H11F.C9H13NO.C8H17N/c1-7(2)8-4-5-10(12-3)9(11)6-8;1-7(2)8-4-5-9(11)10(6-8)12-3;1-8(2)9-4-6-10(11-3)7-5-9;1-8(2)10-7-5-4-6-9(10)3;2*1-9(2)8-10-6-4-3-5-7-10;1-6(2)7-3-4-8(10)9(11)5-7;1-7(2)8-3-5-9(10)6-4-8;1-7(2)8-4-5-9(11-3)10-6-8;1-8(2)9-6-4-3-5-7-9/h2*4-7H,1-3H3;4-8H,1-3H3;4-8H,1-3H3;3-7,9H,8H2,1-2H3;3-8H,1-2H3;3-6H,1-2H3;3-7H,1-2H3;4-7H,1-3H3;8H,3-7H2,1-2H3. The normalized spacial score (nSPS) is 11.3. The van der Waals surface area contributed by atoms with Crippen LogP contribution in [0, 0.1) is 41.9 Å². The second kappa shape index (κ2) is 54.1. The fraction of sp³-hybridized carbons (Fsp3) is 0.421. The van der Waals surface area contributed by atoms with Crippen molar-refractivity contribution in [3.8, 4) is 23.1 Å². The molecule has 106 heavy (non-hydrogen) atoms. The van der Waals surface area contributed by atoms with Gasteiger partial charge in [0.2, 0.25) is 5.88 Å². The van der Waals surface area contributed by atoms with E-state index in [1.165, 1.54) is 128 Å². The van der Waals surface area contributed by atoms with E-state index >= 15 is 0 Å². The molecule has 10 rings (SSSR count). The number of aryl methyl sites for hydroxylation is 1. The molecule has 0 spiro atoms. The molecular formula is C95H131F5N2O4. The first kappa shape index (κ1) is 95.5. The molecule has 0 amide bonds. The van der Waals surface area contributed by atoms with Crippen LogP contribution in [0.25, 0.3) is 6.08 Å². The van der Waals surface area contributed by atoms with Gasteiger partial charge in [-0.25, -0.2) is 26.9 Å². The molecule has 11 heteroatoms. The number of piperidine rings is 1. The van der Waals surface area contributed by atoms with Crippen molar-refractivity contribution in [3.63, 3.8) is 0 Å². The van der Waals surface area contributed by atoms with Gasteiger partial charge in [0.25, 0.3) is 0 Å². The third kappa shape index (κ3) is 41.4. The van der Waals surface area contributed by atoms with Crippen LogP contribution in [-0.2, 0) is 6.42 Å². The second-order valence-electron chi connectivity index (χ2n) is 29.3. The molecule has 1 saturated heterocycles. The Labute approximate surface area is 639 Å². The van der Waals surface area contributed by atoms with E-state index in [1.54, 1.807) is 38.5 Å². The van der Waals surface area contributed by atoms with Crippen molar-refractivity contribution in [1.82, 2.24) is 9.88 Å². The number of hydrogen-bond acceptors (Lipinski definition) is 6. The third-order valence-corrected chi connectivity index (χ3v) is 16.9. The van der Waals surface area contributed by atoms with E-state index in [0.29, 0.717) is 52.9 Å². The lowest BCUT2D eigenvalue weighted by atomic mass is 9.99. The van der Waals surface area contributed by atoms with Crippen molar-refractivity contribution in [2.45, 2.75) is 219 Å². The minimum absolute atomic E-state index is 0.163. The van der Waals surface area contributed by atoms with Crippen LogP contribution in [0.15, 0.2) is 212 Å². The molecule has 2 heterocycles. The van der Waals surface area contributed by atoms with Gasteiger partial charge in [-0.15, -0.1) is 0 Å². The Morgan fingerprint density at radius 3 is 1.22 bits per heavy atom. The molecule has 0 unspecified atom stereocenters. The highest BCUT2D eigenvalue weighted by molar-refractivity contribution is 5.51. The van der Waals surface area contributed by atoms with Gasteiger partial charge in [-0.3, -0.25) is 0 Å². The Bertz CT molecular complexity index is 3680. The van der Waals surface area contributed by atoms with Gasteiger partial charge < -0.3 is 23.8 Å². The molecule has 580 valence electrons. The number of nitrogens with zero attached hydrogens (tertiary/aromatic N) is 2. The number of halogens is 5. The summed E-state index contributed by atoms with van der Waals surface area (Å²) in [6.45, 7) is 47.4. The number of rotatable bonds is 15. The monoisotopic (exact) mass is 1460 g/mol. The number of aromatic nitrogens is 1. The average Bonchev–Trinajstić information content (AvgIpc) is 0.872. The van der Waals surface area contributed by atoms with Crippen molar-refractivity contribution in [3.05, 3.63) is 297 Å². The number of likely N-dealkylation sites (tertiary alicyclic amines) is 1. The molecule has 1 aliphatic heterocycles. The van der Waals surface area contributed by atoms with Crippen molar-refractivity contribution in [2.24, 2.45) is 5.92 Å². The number of pyridine rings is 1. The predicted octanol–water partition coefficient (Wildman–Crippen LogP) is 28.0. The summed E-state index contributed by atoms with van der Waals surface area (Å²) in [7, 11) is 6.25. The average molecular weight is 1460 g/mol. The minimum atomic E-state index is -0.783. The van der Waals surface area contributed by atoms with Crippen molar-refractivity contribution in [2.75, 3.05) is 41.5 Å². The summed E-state index contributed by atoms with van der Waals surface area (Å²) in [6.07, 6.45) is 9.49. The van der Waals surface area contributed by atoms with Gasteiger partial charge in [-0.1, -0.05) is 262 Å². The van der Waals surface area contributed by atoms with Crippen LogP contribution in [0.2, 0.25) is 0 Å². The van der Waals surface area contributed by atoms with Crippen LogP contribution < -0.4 is 18.9 Å². The molecule has 0 atom stereocenters. The van der Waals surface area contributed by atoms with Crippen molar-refractivity contribution < 1.29 is 40.9 Å². The molecule has 1 aromatic heterocycles. The molecule has 8 aromatic carbocycles. The fourth-order valence-corrected chi connectivity index (χ4v) is 10.3. The molecule has 0 bridgehead atoms. The lowest BCUT2D eigenvalue weighted by Crippen LogP contribution is -2.35. The van der Waals surface area contributed by atoms with Gasteiger partial charge in [-0.05, 0) is 231 Å². The summed E-state index contributed by atoms with van der Waals surface area (Å²) < 4.78 is 82.9. The van der Waals surface area contributed by atoms with Crippen LogP contribution in [0.5, 0.6) is 23.1 Å². The zero-order valence-electron chi connectivity index (χ0n) is 69.1. The van der Waals surface area contributed by atoms with E-state index in [9.17, 15) is 22.0 Å². The van der Waals surface area contributed by atoms with Crippen LogP contribution in [-0.4, -0.2) is 57.5 Å². The summed E-state index contributed by atoms with van der Waals surface area (Å²) in [5, 5.41) is 0. The van der Waals surface area contributed by atoms with Crippen LogP contribution in [0.4, 0.5) is 22.0 Å². The molecule has 1 aliphatic rings. The molecule has 0 saturated carbocycles. The summed E-state index contributed by atoms with van der Waals surface area (Å²) in [6, 6.07) is 63.0. The van der Waals surface area contributed by atoms with Gasteiger partial charge in [-0.2, -0.15) is 0 Å². The van der Waals surface area contributed by atoms with Gasteiger partial charge in [0, 0.05) is 18.3 Å². The van der Waals surface area contributed by atoms with Crippen LogP contribution >= 0.6 is 0 Å². The number of allylic oxidation sites excluding steroid dienone is 1. The van der Waals surface area contributed by atoms with Crippen LogP contribution in [0.3, 0.4) is 0 Å². The molecule has 0 radical (unpaired) electrons. The first-order valence-electron chi connectivity index (χ1n) is 37.7. The van der Waals surface area contributed by atoms with Gasteiger partial charge in [0.05, 0.1) is 28.4 Å². The van der Waals surface area contributed by atoms with Crippen LogP contribution in [0.1, 0.15) is 255 Å². The smallest absolute Gasteiger partial charge is 0.212 e. The molecule has 0 aliphatic carbocycles. The Morgan fingerprint density at radius 1 is 0.396 bits per heavy atom. The van der Waals surface area contributed by atoms with E-state index in [0.717, 1.165) is 40.5 Å². The number of hydrogen-bond donors (Lipinski definition) is 0. The zero-order chi connectivity index (χ0) is 79.8. The molecule has 6 nitrogen and oxygen atoms in total. The Morgan fingerprint density at radius 2 is 0.830 bits per heavy atom. The lowest BCUT2D eigenvalue weighted by Gasteiger charge is -2.29. The lowest BCUT2D eigenvalue weighted by molar-refractivity contribution is 0.185. The molecular weight excluding hydrogens is 1330 g/mol. The largest absolute Gasteiger partial charge is 0.497 e. The van der Waals surface area contributed by atoms with Gasteiger partial charge in [0.1, 0.15) is 11.6 Å². The summed E-state index contributed by atoms with van der Waals surface area (Å²) in [4.78, 5) is 6.66. The Balaban J connectivity index is 0.000000589. The number of benzene rings is 8. The molecule has 9 aromatic rings. The predicted molar refractivity (Wildman–Crippen MR) is 444 cm³/mol. The van der Waals surface area contributed by atoms with E-state index in [-0.39, 0.29) is 23.4 Å². The van der Waals surface area contributed by atoms with E-state index < -0.39 is 11.6 Å². The molecule has 0 N–H and O–H groups in total. The maximum atomic E-state index is 13.1. The first-order valence-corrected chi connectivity index (χ1v) is 37.7. The highest BCUT2D eigenvalue weighted by Gasteiger charge is 2.13. The quantitative estimate of drug-likeness (QED) is 0.0954. The second-order valence-corrected chi connectivity index (χ2v) is 29.3. The Kier molecular flexibility index (Phi) is 48.7. The van der Waals surface area contributed by atoms with E-state index in [4.69, 9.17) is 18.9 Å². The highest BCUT2D eigenvalue weighted by Crippen LogP contribution is 2.26. The van der Waals surface area contributed by atoms with Gasteiger partial charge >= 0.3 is 0 Å². The van der Waals surface area contributed by atoms with Crippen molar-refractivity contribution >= 4 is 6.08 Å².